The van der Waals surface area contributed by atoms with Crippen LogP contribution in [0.1, 0.15) is 55.3 Å². The highest BCUT2D eigenvalue weighted by molar-refractivity contribution is 7.98. The van der Waals surface area contributed by atoms with Gasteiger partial charge in [0.2, 0.25) is 0 Å². The van der Waals surface area contributed by atoms with Crippen LogP contribution in [0.25, 0.3) is 0 Å². The van der Waals surface area contributed by atoms with Gasteiger partial charge in [-0.2, -0.15) is 0 Å². The molecule has 1 heterocycles. The van der Waals surface area contributed by atoms with E-state index in [4.69, 9.17) is 0 Å². The summed E-state index contributed by atoms with van der Waals surface area (Å²) >= 11 is 1.53. The second-order valence-corrected chi connectivity index (χ2v) is 7.14. The summed E-state index contributed by atoms with van der Waals surface area (Å²) in [5, 5.41) is 4.07. The maximum atomic E-state index is 12.5. The summed E-state index contributed by atoms with van der Waals surface area (Å²) in [7, 11) is 0. The van der Waals surface area contributed by atoms with Crippen molar-refractivity contribution in [1.29, 1.82) is 0 Å². The lowest BCUT2D eigenvalue weighted by Gasteiger charge is -2.39. The van der Waals surface area contributed by atoms with Crippen molar-refractivity contribution in [2.45, 2.75) is 56.0 Å². The van der Waals surface area contributed by atoms with Gasteiger partial charge >= 0.3 is 0 Å². The van der Waals surface area contributed by atoms with Gasteiger partial charge in [0.1, 0.15) is 5.03 Å². The summed E-state index contributed by atoms with van der Waals surface area (Å²) in [6, 6.07) is 4.07. The Kier molecular flexibility index (Phi) is 4.84. The number of nitrogens with zero attached hydrogens (tertiary/aromatic N) is 1. The van der Waals surface area contributed by atoms with E-state index < -0.39 is 0 Å². The fourth-order valence-electron chi connectivity index (χ4n) is 3.99. The molecule has 3 atom stereocenters. The van der Waals surface area contributed by atoms with E-state index in [1.165, 1.54) is 50.3 Å². The first-order valence-corrected chi connectivity index (χ1v) is 9.30. The Balaban J connectivity index is 1.62. The number of pyridine rings is 1. The quantitative estimate of drug-likeness (QED) is 0.861. The number of rotatable bonds is 3. The van der Waals surface area contributed by atoms with Crippen molar-refractivity contribution in [3.05, 3.63) is 23.9 Å². The summed E-state index contributed by atoms with van der Waals surface area (Å²) in [4.78, 5) is 16.8. The Hall–Kier alpha value is -1.03. The SMILES string of the molecule is CSc1ncccc1C(=O)N[C@@H]1CC[C@H]2CCCC[C@@H]2C1. The topological polar surface area (TPSA) is 42.0 Å². The van der Waals surface area contributed by atoms with E-state index in [1.807, 2.05) is 18.4 Å². The van der Waals surface area contributed by atoms with Crippen molar-refractivity contribution in [1.82, 2.24) is 10.3 Å². The lowest BCUT2D eigenvalue weighted by atomic mass is 9.69. The van der Waals surface area contributed by atoms with Gasteiger partial charge in [-0.05, 0) is 49.5 Å². The first-order valence-electron chi connectivity index (χ1n) is 8.08. The van der Waals surface area contributed by atoms with Gasteiger partial charge in [0, 0.05) is 12.2 Å². The molecular formula is C17H24N2OS. The number of nitrogens with one attached hydrogen (secondary N) is 1. The molecule has 2 fully saturated rings. The Labute approximate surface area is 131 Å². The zero-order valence-electron chi connectivity index (χ0n) is 12.7. The molecule has 0 aromatic carbocycles. The smallest absolute Gasteiger partial charge is 0.254 e. The molecule has 2 saturated carbocycles. The highest BCUT2D eigenvalue weighted by Gasteiger charge is 2.32. The molecule has 0 spiro atoms. The van der Waals surface area contributed by atoms with Crippen LogP contribution in [0.3, 0.4) is 0 Å². The van der Waals surface area contributed by atoms with Crippen molar-refractivity contribution in [3.8, 4) is 0 Å². The van der Waals surface area contributed by atoms with Gasteiger partial charge in [-0.15, -0.1) is 11.8 Å². The molecule has 0 bridgehead atoms. The average molecular weight is 304 g/mol. The molecule has 3 nitrogen and oxygen atoms in total. The summed E-state index contributed by atoms with van der Waals surface area (Å²) in [5.41, 5.74) is 0.718. The Morgan fingerprint density at radius 2 is 2.05 bits per heavy atom. The van der Waals surface area contributed by atoms with Gasteiger partial charge in [0.25, 0.3) is 5.91 Å². The number of carbonyl (C=O) groups excluding carboxylic acids is 1. The van der Waals surface area contributed by atoms with Gasteiger partial charge in [0.15, 0.2) is 0 Å². The van der Waals surface area contributed by atoms with Crippen molar-refractivity contribution < 1.29 is 4.79 Å². The second kappa shape index (κ2) is 6.82. The van der Waals surface area contributed by atoms with Crippen LogP contribution >= 0.6 is 11.8 Å². The van der Waals surface area contributed by atoms with E-state index in [1.54, 1.807) is 6.20 Å². The van der Waals surface area contributed by atoms with Crippen LogP contribution in [0.2, 0.25) is 0 Å². The second-order valence-electron chi connectivity index (χ2n) is 6.35. The number of aromatic nitrogens is 1. The highest BCUT2D eigenvalue weighted by Crippen LogP contribution is 2.40. The number of thioether (sulfide) groups is 1. The fraction of sp³-hybridized carbons (Fsp3) is 0.647. The van der Waals surface area contributed by atoms with Crippen LogP contribution in [-0.2, 0) is 0 Å². The Morgan fingerprint density at radius 1 is 1.24 bits per heavy atom. The van der Waals surface area contributed by atoms with Crippen LogP contribution in [-0.4, -0.2) is 23.2 Å². The Morgan fingerprint density at radius 3 is 2.86 bits per heavy atom. The summed E-state index contributed by atoms with van der Waals surface area (Å²) in [5.74, 6) is 1.81. The van der Waals surface area contributed by atoms with E-state index in [2.05, 4.69) is 10.3 Å². The molecule has 1 aromatic heterocycles. The van der Waals surface area contributed by atoms with Crippen molar-refractivity contribution in [3.63, 3.8) is 0 Å². The molecule has 1 amide bonds. The standard InChI is InChI=1S/C17H24N2OS/c1-21-17-15(7-4-10-18-17)16(20)19-14-9-8-12-5-2-3-6-13(12)11-14/h4,7,10,12-14H,2-3,5-6,8-9,11H2,1H3,(H,19,20)/t12-,13-,14-/m1/s1. The first-order chi connectivity index (χ1) is 10.3. The molecule has 1 N–H and O–H groups in total. The zero-order valence-corrected chi connectivity index (χ0v) is 13.5. The summed E-state index contributed by atoms with van der Waals surface area (Å²) in [6.45, 7) is 0. The molecule has 0 saturated heterocycles. The maximum Gasteiger partial charge on any atom is 0.254 e. The monoisotopic (exact) mass is 304 g/mol. The largest absolute Gasteiger partial charge is 0.349 e. The molecule has 114 valence electrons. The molecule has 0 unspecified atom stereocenters. The zero-order chi connectivity index (χ0) is 14.7. The average Bonchev–Trinajstić information content (AvgIpc) is 2.54. The molecule has 2 aliphatic carbocycles. The van der Waals surface area contributed by atoms with Crippen molar-refractivity contribution in [2.75, 3.05) is 6.26 Å². The number of amides is 1. The third-order valence-electron chi connectivity index (χ3n) is 5.08. The molecular weight excluding hydrogens is 280 g/mol. The first kappa shape index (κ1) is 14.9. The minimum absolute atomic E-state index is 0.0479. The lowest BCUT2D eigenvalue weighted by Crippen LogP contribution is -2.41. The van der Waals surface area contributed by atoms with Crippen LogP contribution < -0.4 is 5.32 Å². The van der Waals surface area contributed by atoms with Crippen LogP contribution in [0, 0.1) is 11.8 Å². The number of hydrogen-bond donors (Lipinski definition) is 1. The molecule has 21 heavy (non-hydrogen) atoms. The van der Waals surface area contributed by atoms with E-state index >= 15 is 0 Å². The third kappa shape index (κ3) is 3.42. The number of fused-ring (bicyclic) bond motifs is 1. The highest BCUT2D eigenvalue weighted by atomic mass is 32.2. The third-order valence-corrected chi connectivity index (χ3v) is 5.80. The molecule has 0 aliphatic heterocycles. The molecule has 2 aliphatic rings. The van der Waals surface area contributed by atoms with Gasteiger partial charge in [-0.3, -0.25) is 4.79 Å². The van der Waals surface area contributed by atoms with E-state index in [0.29, 0.717) is 6.04 Å². The minimum atomic E-state index is 0.0479. The minimum Gasteiger partial charge on any atom is -0.349 e. The number of carbonyl (C=O) groups is 1. The van der Waals surface area contributed by atoms with E-state index in [9.17, 15) is 4.79 Å². The van der Waals surface area contributed by atoms with Gasteiger partial charge in [0.05, 0.1) is 5.56 Å². The predicted molar refractivity (Wildman–Crippen MR) is 86.6 cm³/mol. The lowest BCUT2D eigenvalue weighted by molar-refractivity contribution is 0.0876. The molecule has 1 aromatic rings. The van der Waals surface area contributed by atoms with E-state index in [0.717, 1.165) is 28.8 Å². The normalized spacial score (nSPS) is 28.7. The van der Waals surface area contributed by atoms with Gasteiger partial charge in [-0.25, -0.2) is 4.98 Å². The van der Waals surface area contributed by atoms with E-state index in [-0.39, 0.29) is 5.91 Å². The maximum absolute atomic E-state index is 12.5. The van der Waals surface area contributed by atoms with Crippen molar-refractivity contribution in [2.24, 2.45) is 11.8 Å². The van der Waals surface area contributed by atoms with Crippen molar-refractivity contribution >= 4 is 17.7 Å². The molecule has 0 radical (unpaired) electrons. The predicted octanol–water partition coefficient (Wildman–Crippen LogP) is 3.89. The Bertz CT molecular complexity index is 505. The van der Waals surface area contributed by atoms with Gasteiger partial charge in [-0.1, -0.05) is 25.7 Å². The van der Waals surface area contributed by atoms with Gasteiger partial charge < -0.3 is 5.32 Å². The van der Waals surface area contributed by atoms with Crippen LogP contribution in [0.5, 0.6) is 0 Å². The summed E-state index contributed by atoms with van der Waals surface area (Å²) < 4.78 is 0. The van der Waals surface area contributed by atoms with Crippen LogP contribution in [0.4, 0.5) is 0 Å². The summed E-state index contributed by atoms with van der Waals surface area (Å²) in [6.07, 6.45) is 12.9. The number of hydrogen-bond acceptors (Lipinski definition) is 3. The molecule has 4 heteroatoms. The molecule has 3 rings (SSSR count). The van der Waals surface area contributed by atoms with Crippen LogP contribution in [0.15, 0.2) is 23.4 Å². The fourth-order valence-corrected chi connectivity index (χ4v) is 4.54.